The molecule has 1 heterocycles. The van der Waals surface area contributed by atoms with Gasteiger partial charge in [0.05, 0.1) is 0 Å². The molecule has 1 aromatic carbocycles. The Bertz CT molecular complexity index is 686. The number of carbonyl (C=O) groups excluding carboxylic acids is 1. The van der Waals surface area contributed by atoms with Crippen molar-refractivity contribution in [2.75, 3.05) is 10.6 Å². The van der Waals surface area contributed by atoms with E-state index >= 15 is 0 Å². The average Bonchev–Trinajstić information content (AvgIpc) is 2.85. The van der Waals surface area contributed by atoms with Crippen LogP contribution in [-0.4, -0.2) is 32.4 Å². The SMILES string of the molecule is CCc1nnc(NC(=O)Nc2ccc(C(=O)O)c(O)c2)s1. The number of rotatable bonds is 4. The van der Waals surface area contributed by atoms with E-state index in [1.807, 2.05) is 6.92 Å². The Hall–Kier alpha value is -2.68. The molecule has 2 amide bonds. The van der Waals surface area contributed by atoms with Gasteiger partial charge in [-0.05, 0) is 18.6 Å². The molecular formula is C12H12N4O4S. The van der Waals surface area contributed by atoms with E-state index in [1.165, 1.54) is 23.5 Å². The maximum absolute atomic E-state index is 11.7. The predicted octanol–water partition coefficient (Wildman–Crippen LogP) is 2.15. The maximum Gasteiger partial charge on any atom is 0.339 e. The van der Waals surface area contributed by atoms with Gasteiger partial charge in [0.2, 0.25) is 5.13 Å². The molecule has 0 saturated carbocycles. The molecule has 110 valence electrons. The molecule has 1 aromatic heterocycles. The van der Waals surface area contributed by atoms with Crippen LogP contribution in [0.4, 0.5) is 15.6 Å². The number of aromatic hydroxyl groups is 1. The number of hydrogen-bond acceptors (Lipinski definition) is 6. The molecular weight excluding hydrogens is 296 g/mol. The fourth-order valence-corrected chi connectivity index (χ4v) is 2.17. The molecule has 0 spiro atoms. The lowest BCUT2D eigenvalue weighted by atomic mass is 10.2. The molecule has 4 N–H and O–H groups in total. The van der Waals surface area contributed by atoms with Gasteiger partial charge in [-0.15, -0.1) is 10.2 Å². The Morgan fingerprint density at radius 3 is 2.62 bits per heavy atom. The molecule has 0 aliphatic heterocycles. The van der Waals surface area contributed by atoms with Crippen LogP contribution in [0.3, 0.4) is 0 Å². The van der Waals surface area contributed by atoms with Crippen LogP contribution >= 0.6 is 11.3 Å². The van der Waals surface area contributed by atoms with Crippen molar-refractivity contribution in [3.63, 3.8) is 0 Å². The molecule has 0 saturated heterocycles. The van der Waals surface area contributed by atoms with Crippen molar-refractivity contribution >= 4 is 34.2 Å². The standard InChI is InChI=1S/C12H12N4O4S/c1-2-9-15-16-12(21-9)14-11(20)13-6-3-4-7(10(18)19)8(17)5-6/h3-5,17H,2H2,1H3,(H,18,19)(H2,13,14,16,20). The van der Waals surface area contributed by atoms with E-state index in [-0.39, 0.29) is 11.3 Å². The number of carbonyl (C=O) groups is 2. The van der Waals surface area contributed by atoms with Crippen molar-refractivity contribution < 1.29 is 19.8 Å². The summed E-state index contributed by atoms with van der Waals surface area (Å²) in [5.41, 5.74) is 0.0212. The Labute approximate surface area is 123 Å². The molecule has 2 rings (SSSR count). The van der Waals surface area contributed by atoms with Crippen molar-refractivity contribution in [1.29, 1.82) is 0 Å². The fraction of sp³-hybridized carbons (Fsp3) is 0.167. The number of urea groups is 1. The van der Waals surface area contributed by atoms with Gasteiger partial charge in [-0.25, -0.2) is 9.59 Å². The number of phenols is 1. The predicted molar refractivity (Wildman–Crippen MR) is 77.0 cm³/mol. The minimum atomic E-state index is -1.25. The molecule has 0 aliphatic rings. The van der Waals surface area contributed by atoms with Crippen LogP contribution in [-0.2, 0) is 6.42 Å². The number of hydrogen-bond donors (Lipinski definition) is 4. The van der Waals surface area contributed by atoms with Gasteiger partial charge >= 0.3 is 12.0 Å². The number of benzene rings is 1. The number of carboxylic acids is 1. The number of carboxylic acid groups (broad SMARTS) is 1. The summed E-state index contributed by atoms with van der Waals surface area (Å²) in [5, 5.41) is 32.1. The van der Waals surface area contributed by atoms with Crippen LogP contribution in [0.1, 0.15) is 22.3 Å². The summed E-state index contributed by atoms with van der Waals surface area (Å²) in [7, 11) is 0. The van der Waals surface area contributed by atoms with Gasteiger partial charge in [0.15, 0.2) is 0 Å². The van der Waals surface area contributed by atoms with Crippen molar-refractivity contribution in [3.05, 3.63) is 28.8 Å². The third-order valence-electron chi connectivity index (χ3n) is 2.48. The van der Waals surface area contributed by atoms with Gasteiger partial charge in [-0.2, -0.15) is 0 Å². The van der Waals surface area contributed by atoms with Gasteiger partial charge in [0, 0.05) is 11.8 Å². The fourth-order valence-electron chi connectivity index (χ4n) is 1.50. The number of anilines is 2. The second kappa shape index (κ2) is 6.18. The van der Waals surface area contributed by atoms with Crippen molar-refractivity contribution in [2.45, 2.75) is 13.3 Å². The number of nitrogens with one attached hydrogen (secondary N) is 2. The Balaban J connectivity index is 2.02. The number of nitrogens with zero attached hydrogens (tertiary/aromatic N) is 2. The second-order valence-corrected chi connectivity index (χ2v) is 5.03. The second-order valence-electron chi connectivity index (χ2n) is 3.97. The summed E-state index contributed by atoms with van der Waals surface area (Å²) in [6, 6.07) is 3.17. The Morgan fingerprint density at radius 2 is 2.05 bits per heavy atom. The molecule has 0 radical (unpaired) electrons. The topological polar surface area (TPSA) is 124 Å². The highest BCUT2D eigenvalue weighted by atomic mass is 32.1. The average molecular weight is 308 g/mol. The van der Waals surface area contributed by atoms with Crippen LogP contribution in [0.25, 0.3) is 0 Å². The van der Waals surface area contributed by atoms with Gasteiger partial charge in [0.25, 0.3) is 0 Å². The van der Waals surface area contributed by atoms with Gasteiger partial charge in [-0.3, -0.25) is 5.32 Å². The minimum Gasteiger partial charge on any atom is -0.507 e. The van der Waals surface area contributed by atoms with E-state index < -0.39 is 17.7 Å². The summed E-state index contributed by atoms with van der Waals surface area (Å²) < 4.78 is 0. The van der Waals surface area contributed by atoms with Crippen LogP contribution in [0.2, 0.25) is 0 Å². The monoisotopic (exact) mass is 308 g/mol. The van der Waals surface area contributed by atoms with E-state index in [2.05, 4.69) is 20.8 Å². The molecule has 9 heteroatoms. The molecule has 0 atom stereocenters. The van der Waals surface area contributed by atoms with Gasteiger partial charge < -0.3 is 15.5 Å². The first kappa shape index (κ1) is 14.7. The maximum atomic E-state index is 11.7. The summed E-state index contributed by atoms with van der Waals surface area (Å²) in [4.78, 5) is 22.5. The van der Waals surface area contributed by atoms with Crippen LogP contribution in [0.5, 0.6) is 5.75 Å². The van der Waals surface area contributed by atoms with E-state index in [1.54, 1.807) is 0 Å². The van der Waals surface area contributed by atoms with E-state index in [9.17, 15) is 14.7 Å². The number of aryl methyl sites for hydroxylation is 1. The molecule has 0 fully saturated rings. The zero-order valence-corrected chi connectivity index (χ0v) is 11.8. The normalized spacial score (nSPS) is 10.1. The van der Waals surface area contributed by atoms with Crippen molar-refractivity contribution in [3.8, 4) is 5.75 Å². The highest BCUT2D eigenvalue weighted by Gasteiger charge is 2.12. The Kier molecular flexibility index (Phi) is 4.33. The quantitative estimate of drug-likeness (QED) is 0.686. The van der Waals surface area contributed by atoms with Crippen LogP contribution in [0.15, 0.2) is 18.2 Å². The van der Waals surface area contributed by atoms with Crippen molar-refractivity contribution in [2.24, 2.45) is 0 Å². The first-order valence-electron chi connectivity index (χ1n) is 5.96. The zero-order chi connectivity index (χ0) is 15.4. The molecule has 0 aliphatic carbocycles. The lowest BCUT2D eigenvalue weighted by Crippen LogP contribution is -2.19. The first-order valence-corrected chi connectivity index (χ1v) is 6.78. The number of aromatic nitrogens is 2. The minimum absolute atomic E-state index is 0.238. The molecule has 0 unspecified atom stereocenters. The highest BCUT2D eigenvalue weighted by Crippen LogP contribution is 2.22. The van der Waals surface area contributed by atoms with E-state index in [0.717, 1.165) is 17.5 Å². The number of amides is 2. The van der Waals surface area contributed by atoms with Gasteiger partial charge in [-0.1, -0.05) is 18.3 Å². The third kappa shape index (κ3) is 3.66. The zero-order valence-electron chi connectivity index (χ0n) is 11.0. The van der Waals surface area contributed by atoms with Crippen LogP contribution in [0, 0.1) is 0 Å². The van der Waals surface area contributed by atoms with Gasteiger partial charge in [0.1, 0.15) is 16.3 Å². The smallest absolute Gasteiger partial charge is 0.339 e. The highest BCUT2D eigenvalue weighted by molar-refractivity contribution is 7.15. The molecule has 0 bridgehead atoms. The molecule has 2 aromatic rings. The summed E-state index contributed by atoms with van der Waals surface area (Å²) in [5.74, 6) is -1.67. The van der Waals surface area contributed by atoms with Crippen LogP contribution < -0.4 is 10.6 Å². The third-order valence-corrected chi connectivity index (χ3v) is 3.46. The summed E-state index contributed by atoms with van der Waals surface area (Å²) >= 11 is 1.26. The summed E-state index contributed by atoms with van der Waals surface area (Å²) in [6.07, 6.45) is 0.728. The largest absolute Gasteiger partial charge is 0.507 e. The van der Waals surface area contributed by atoms with E-state index in [4.69, 9.17) is 5.11 Å². The molecule has 8 nitrogen and oxygen atoms in total. The summed E-state index contributed by atoms with van der Waals surface area (Å²) in [6.45, 7) is 1.93. The van der Waals surface area contributed by atoms with E-state index in [0.29, 0.717) is 5.13 Å². The molecule has 21 heavy (non-hydrogen) atoms. The lowest BCUT2D eigenvalue weighted by Gasteiger charge is -2.06. The first-order chi connectivity index (χ1) is 9.99. The lowest BCUT2D eigenvalue weighted by molar-refractivity contribution is 0.0694. The Morgan fingerprint density at radius 1 is 1.29 bits per heavy atom. The van der Waals surface area contributed by atoms with Crippen molar-refractivity contribution in [1.82, 2.24) is 10.2 Å². The number of aromatic carboxylic acids is 1.